The van der Waals surface area contributed by atoms with Crippen molar-refractivity contribution < 1.29 is 0 Å². The molecule has 4 rings (SSSR count). The van der Waals surface area contributed by atoms with Crippen LogP contribution in [-0.2, 0) is 12.8 Å². The lowest BCUT2D eigenvalue weighted by atomic mass is 9.76. The van der Waals surface area contributed by atoms with Gasteiger partial charge < -0.3 is 11.1 Å². The standard InChI is InChI=1S/C22H34N6S/c1-22(2)9-8-16-18(11-22)27-28-20(16)17-10-19(26-21(25-17)29-3)24-13-15-6-4-14(12-23)5-7-15/h10,14-15H,4-9,11-13,23H2,1-3H3,(H,27,28)(H,24,25,26). The van der Waals surface area contributed by atoms with Crippen molar-refractivity contribution in [3.63, 3.8) is 0 Å². The molecule has 2 aliphatic rings. The number of aromatic nitrogens is 4. The van der Waals surface area contributed by atoms with E-state index in [1.165, 1.54) is 43.4 Å². The number of thioether (sulfide) groups is 1. The Hall–Kier alpha value is -1.60. The fourth-order valence-corrected chi connectivity index (χ4v) is 5.09. The van der Waals surface area contributed by atoms with E-state index in [4.69, 9.17) is 15.7 Å². The molecule has 2 aliphatic carbocycles. The lowest BCUT2D eigenvalue weighted by Gasteiger charge is -2.29. The van der Waals surface area contributed by atoms with Crippen LogP contribution >= 0.6 is 11.8 Å². The number of nitrogens with two attached hydrogens (primary N) is 1. The van der Waals surface area contributed by atoms with Gasteiger partial charge in [-0.15, -0.1) is 0 Å². The van der Waals surface area contributed by atoms with Gasteiger partial charge in [0.2, 0.25) is 0 Å². The van der Waals surface area contributed by atoms with Crippen LogP contribution in [-0.4, -0.2) is 39.5 Å². The van der Waals surface area contributed by atoms with Crippen molar-refractivity contribution in [2.45, 2.75) is 63.9 Å². The van der Waals surface area contributed by atoms with Crippen LogP contribution in [0.2, 0.25) is 0 Å². The molecule has 4 N–H and O–H groups in total. The normalized spacial score (nSPS) is 23.6. The van der Waals surface area contributed by atoms with E-state index in [1.54, 1.807) is 11.8 Å². The first-order valence-corrected chi connectivity index (χ1v) is 12.1. The van der Waals surface area contributed by atoms with Gasteiger partial charge in [0.15, 0.2) is 5.16 Å². The van der Waals surface area contributed by atoms with E-state index in [-0.39, 0.29) is 0 Å². The first-order valence-electron chi connectivity index (χ1n) is 10.9. The molecule has 2 aromatic rings. The van der Waals surface area contributed by atoms with Crippen LogP contribution in [0.3, 0.4) is 0 Å². The molecule has 0 amide bonds. The Morgan fingerprint density at radius 3 is 2.69 bits per heavy atom. The quantitative estimate of drug-likeness (QED) is 0.483. The average molecular weight is 415 g/mol. The molecular weight excluding hydrogens is 380 g/mol. The zero-order chi connectivity index (χ0) is 20.4. The number of anilines is 1. The van der Waals surface area contributed by atoms with Crippen molar-refractivity contribution in [3.8, 4) is 11.4 Å². The summed E-state index contributed by atoms with van der Waals surface area (Å²) in [4.78, 5) is 9.47. The number of nitrogens with zero attached hydrogens (tertiary/aromatic N) is 3. The highest BCUT2D eigenvalue weighted by atomic mass is 32.2. The molecule has 0 aromatic carbocycles. The van der Waals surface area contributed by atoms with Gasteiger partial charge in [-0.05, 0) is 75.0 Å². The minimum Gasteiger partial charge on any atom is -0.370 e. The van der Waals surface area contributed by atoms with Gasteiger partial charge in [-0.25, -0.2) is 9.97 Å². The van der Waals surface area contributed by atoms with Gasteiger partial charge in [0.25, 0.3) is 0 Å². The van der Waals surface area contributed by atoms with Gasteiger partial charge in [0.1, 0.15) is 11.5 Å². The smallest absolute Gasteiger partial charge is 0.189 e. The number of hydrogen-bond donors (Lipinski definition) is 3. The molecule has 1 fully saturated rings. The summed E-state index contributed by atoms with van der Waals surface area (Å²) in [5, 5.41) is 12.3. The van der Waals surface area contributed by atoms with Gasteiger partial charge in [0.05, 0.1) is 5.69 Å². The minimum absolute atomic E-state index is 0.336. The fourth-order valence-electron chi connectivity index (χ4n) is 4.71. The first-order chi connectivity index (χ1) is 14.0. The molecule has 7 heteroatoms. The predicted octanol–water partition coefficient (Wildman–Crippen LogP) is 4.28. The third-order valence-corrected chi connectivity index (χ3v) is 7.21. The number of nitrogens with one attached hydrogen (secondary N) is 2. The lowest BCUT2D eigenvalue weighted by Crippen LogP contribution is -2.25. The van der Waals surface area contributed by atoms with Crippen LogP contribution in [0.25, 0.3) is 11.4 Å². The van der Waals surface area contributed by atoms with Gasteiger partial charge in [-0.1, -0.05) is 25.6 Å². The SMILES string of the molecule is CSc1nc(NCC2CCC(CN)CC2)cc(-c2n[nH]c3c2CCC(C)(C)C3)n1. The zero-order valence-electron chi connectivity index (χ0n) is 17.9. The maximum atomic E-state index is 5.83. The van der Waals surface area contributed by atoms with Crippen LogP contribution in [0.1, 0.15) is 57.2 Å². The maximum Gasteiger partial charge on any atom is 0.189 e. The van der Waals surface area contributed by atoms with Crippen LogP contribution < -0.4 is 11.1 Å². The second-order valence-corrected chi connectivity index (χ2v) is 10.3. The van der Waals surface area contributed by atoms with Crippen LogP contribution in [0.15, 0.2) is 11.2 Å². The van der Waals surface area contributed by atoms with Crippen molar-refractivity contribution in [2.75, 3.05) is 24.7 Å². The number of fused-ring (bicyclic) bond motifs is 1. The average Bonchev–Trinajstić information content (AvgIpc) is 3.14. The van der Waals surface area contributed by atoms with Gasteiger partial charge in [-0.2, -0.15) is 5.10 Å². The van der Waals surface area contributed by atoms with E-state index >= 15 is 0 Å². The van der Waals surface area contributed by atoms with Gasteiger partial charge in [0, 0.05) is 23.9 Å². The zero-order valence-corrected chi connectivity index (χ0v) is 18.7. The first kappa shape index (κ1) is 20.7. The molecular formula is C22H34N6S. The van der Waals surface area contributed by atoms with Crippen LogP contribution in [0.4, 0.5) is 5.82 Å². The Kier molecular flexibility index (Phi) is 6.16. The Morgan fingerprint density at radius 2 is 1.97 bits per heavy atom. The van der Waals surface area contributed by atoms with Crippen molar-refractivity contribution in [2.24, 2.45) is 23.0 Å². The second-order valence-electron chi connectivity index (χ2n) is 9.50. The maximum absolute atomic E-state index is 5.83. The van der Waals surface area contributed by atoms with Crippen molar-refractivity contribution >= 4 is 17.6 Å². The van der Waals surface area contributed by atoms with Crippen molar-refractivity contribution in [1.29, 1.82) is 0 Å². The van der Waals surface area contributed by atoms with Crippen molar-refractivity contribution in [3.05, 3.63) is 17.3 Å². The molecule has 6 nitrogen and oxygen atoms in total. The number of H-pyrrole nitrogens is 1. The summed E-state index contributed by atoms with van der Waals surface area (Å²) in [7, 11) is 0. The Labute approximate surface area is 178 Å². The topological polar surface area (TPSA) is 92.5 Å². The molecule has 0 bridgehead atoms. The molecule has 2 heterocycles. The Balaban J connectivity index is 1.50. The summed E-state index contributed by atoms with van der Waals surface area (Å²) >= 11 is 1.58. The van der Waals surface area contributed by atoms with E-state index in [1.807, 2.05) is 6.26 Å². The summed E-state index contributed by atoms with van der Waals surface area (Å²) < 4.78 is 0. The highest BCUT2D eigenvalue weighted by Crippen LogP contribution is 2.38. The van der Waals surface area contributed by atoms with E-state index < -0.39 is 0 Å². The largest absolute Gasteiger partial charge is 0.370 e. The second kappa shape index (κ2) is 8.64. The van der Waals surface area contributed by atoms with E-state index in [0.29, 0.717) is 11.3 Å². The third kappa shape index (κ3) is 4.77. The highest BCUT2D eigenvalue weighted by Gasteiger charge is 2.29. The van der Waals surface area contributed by atoms with E-state index in [9.17, 15) is 0 Å². The molecule has 0 radical (unpaired) electrons. The predicted molar refractivity (Wildman–Crippen MR) is 120 cm³/mol. The summed E-state index contributed by atoms with van der Waals surface area (Å²) in [6, 6.07) is 2.07. The summed E-state index contributed by atoms with van der Waals surface area (Å²) in [5.74, 6) is 2.33. The number of rotatable bonds is 6. The lowest BCUT2D eigenvalue weighted by molar-refractivity contribution is 0.289. The molecule has 0 saturated heterocycles. The molecule has 29 heavy (non-hydrogen) atoms. The van der Waals surface area contributed by atoms with E-state index in [0.717, 1.165) is 54.2 Å². The van der Waals surface area contributed by atoms with Crippen LogP contribution in [0.5, 0.6) is 0 Å². The third-order valence-electron chi connectivity index (χ3n) is 6.66. The molecule has 2 aromatic heterocycles. The fraction of sp³-hybridized carbons (Fsp3) is 0.682. The van der Waals surface area contributed by atoms with E-state index in [2.05, 4.69) is 35.4 Å². The molecule has 0 atom stereocenters. The summed E-state index contributed by atoms with van der Waals surface area (Å²) in [5.41, 5.74) is 10.7. The van der Waals surface area contributed by atoms with Crippen LogP contribution in [0, 0.1) is 17.3 Å². The number of aromatic amines is 1. The summed E-state index contributed by atoms with van der Waals surface area (Å²) in [6.45, 7) is 6.46. The highest BCUT2D eigenvalue weighted by molar-refractivity contribution is 7.98. The molecule has 0 aliphatic heterocycles. The molecule has 0 unspecified atom stereocenters. The van der Waals surface area contributed by atoms with Crippen molar-refractivity contribution in [1.82, 2.24) is 20.2 Å². The molecule has 1 saturated carbocycles. The van der Waals surface area contributed by atoms with Gasteiger partial charge in [-0.3, -0.25) is 5.10 Å². The number of hydrogen-bond acceptors (Lipinski definition) is 6. The van der Waals surface area contributed by atoms with Gasteiger partial charge >= 0.3 is 0 Å². The monoisotopic (exact) mass is 414 g/mol. The Bertz CT molecular complexity index is 838. The molecule has 0 spiro atoms. The Morgan fingerprint density at radius 1 is 1.21 bits per heavy atom. The summed E-state index contributed by atoms with van der Waals surface area (Å²) in [6.07, 6.45) is 10.3. The minimum atomic E-state index is 0.336. The molecule has 158 valence electrons.